The first-order chi connectivity index (χ1) is 26.3. The molecule has 18 nitrogen and oxygen atoms in total. The summed E-state index contributed by atoms with van der Waals surface area (Å²) in [6.45, 7) is 1.83. The molecule has 4 heterocycles. The summed E-state index contributed by atoms with van der Waals surface area (Å²) in [5.74, 6) is -3.78. The number of carbonyl (C=O) groups excluding carboxylic acids is 6. The van der Waals surface area contributed by atoms with Gasteiger partial charge in [0.1, 0.15) is 48.2 Å². The second kappa shape index (κ2) is 16.6. The minimum Gasteiger partial charge on any atom is -0.477 e. The normalized spacial score (nSPS) is 21.3. The van der Waals surface area contributed by atoms with E-state index in [0.717, 1.165) is 4.90 Å². The summed E-state index contributed by atoms with van der Waals surface area (Å²) in [5.41, 5.74) is 7.01. The fraction of sp³-hybridized carbons (Fsp3) is 0.400. The summed E-state index contributed by atoms with van der Waals surface area (Å²) < 4.78 is 25.7. The van der Waals surface area contributed by atoms with E-state index in [9.17, 15) is 38.7 Å². The number of ether oxygens (including phenoxy) is 2. The highest BCUT2D eigenvalue weighted by molar-refractivity contribution is 8.00. The molecule has 0 bridgehead atoms. The number of piperazine rings is 1. The third-order valence-electron chi connectivity index (χ3n) is 9.42. The summed E-state index contributed by atoms with van der Waals surface area (Å²) >= 11 is 1.20. The van der Waals surface area contributed by atoms with Crippen molar-refractivity contribution in [1.82, 2.24) is 25.8 Å². The molecule has 6 N–H and O–H groups in total. The van der Waals surface area contributed by atoms with E-state index in [1.165, 1.54) is 34.6 Å². The number of rotatable bonds is 12. The Morgan fingerprint density at radius 1 is 1.05 bits per heavy atom. The molecule has 6 amide bonds. The second-order valence-electron chi connectivity index (χ2n) is 13.0. The number of nitrogens with zero attached hydrogens (tertiary/aromatic N) is 4. The fourth-order valence-corrected chi connectivity index (χ4v) is 7.85. The van der Waals surface area contributed by atoms with E-state index in [4.69, 9.17) is 15.2 Å². The van der Waals surface area contributed by atoms with Crippen molar-refractivity contribution in [2.75, 3.05) is 68.0 Å². The van der Waals surface area contributed by atoms with E-state index in [-0.39, 0.29) is 54.8 Å². The predicted octanol–water partition coefficient (Wildman–Crippen LogP) is 0.100. The molecule has 55 heavy (non-hydrogen) atoms. The molecule has 3 saturated heterocycles. The minimum absolute atomic E-state index is 0.0954. The van der Waals surface area contributed by atoms with E-state index >= 15 is 4.39 Å². The summed E-state index contributed by atoms with van der Waals surface area (Å²) in [7, 11) is 0. The van der Waals surface area contributed by atoms with E-state index in [1.807, 2.05) is 0 Å². The average molecular weight is 783 g/mol. The van der Waals surface area contributed by atoms with Gasteiger partial charge in [-0.15, -0.1) is 11.8 Å². The first kappa shape index (κ1) is 38.8. The maximum absolute atomic E-state index is 15.2. The lowest BCUT2D eigenvalue weighted by Crippen LogP contribution is -2.71. The topological polar surface area (TPSA) is 233 Å². The van der Waals surface area contributed by atoms with Gasteiger partial charge in [0.25, 0.3) is 5.91 Å². The number of carbonyl (C=O) groups is 7. The second-order valence-corrected chi connectivity index (χ2v) is 14.1. The summed E-state index contributed by atoms with van der Waals surface area (Å²) in [6.07, 6.45) is -2.19. The van der Waals surface area contributed by atoms with Crippen LogP contribution in [0, 0.1) is 5.82 Å². The Hall–Kier alpha value is -5.89. The SMILES string of the molecule is CC(=O)NC[C@H]1CN(c2ccc(N3CCN(C(=O)CNC(=O)OCC4=C(C(=O)O)N5C(=O)[C@@H](NC(=O)C(N)c6ccccc6)[C@H]5SC4)CC3)c(F)c2)C(=O)O1. The summed E-state index contributed by atoms with van der Waals surface area (Å²) in [4.78, 5) is 92.4. The Bertz CT molecular complexity index is 1910. The van der Waals surface area contributed by atoms with Gasteiger partial charge in [-0.25, -0.2) is 18.8 Å². The largest absolute Gasteiger partial charge is 0.477 e. The number of amides is 6. The van der Waals surface area contributed by atoms with Crippen molar-refractivity contribution in [3.8, 4) is 0 Å². The van der Waals surface area contributed by atoms with Crippen molar-refractivity contribution in [3.63, 3.8) is 0 Å². The molecule has 4 aliphatic rings. The maximum atomic E-state index is 15.2. The standard InChI is InChI=1S/C35H39FN8O10S/c1-19(45)38-14-23-16-43(35(52)54-23)22-7-8-25(24(36)13-22)41-9-11-42(12-10-41)26(46)15-39-34(51)53-17-21-18-55-32-28(31(48)44(32)29(21)33(49)50)40-30(47)27(37)20-5-3-2-4-6-20/h2-8,13,23,27-28,32H,9-12,14-18,37H2,1H3,(H,38,45)(H,39,51)(H,40,47)(H,49,50)/t23-,27?,28+,32+/m0/s1. The highest BCUT2D eigenvalue weighted by Crippen LogP contribution is 2.40. The number of halogens is 1. The molecule has 3 fully saturated rings. The molecule has 2 aromatic rings. The van der Waals surface area contributed by atoms with Gasteiger partial charge in [-0.2, -0.15) is 0 Å². The molecule has 4 aliphatic heterocycles. The zero-order valence-electron chi connectivity index (χ0n) is 29.6. The molecule has 0 aromatic heterocycles. The van der Waals surface area contributed by atoms with Gasteiger partial charge >= 0.3 is 18.2 Å². The molecule has 4 atom stereocenters. The molecule has 0 aliphatic carbocycles. The van der Waals surface area contributed by atoms with Gasteiger partial charge in [-0.1, -0.05) is 30.3 Å². The lowest BCUT2D eigenvalue weighted by Gasteiger charge is -2.49. The lowest BCUT2D eigenvalue weighted by atomic mass is 10.0. The van der Waals surface area contributed by atoms with Crippen LogP contribution in [0.3, 0.4) is 0 Å². The Morgan fingerprint density at radius 2 is 1.78 bits per heavy atom. The molecule has 0 radical (unpaired) electrons. The Balaban J connectivity index is 0.944. The van der Waals surface area contributed by atoms with Gasteiger partial charge in [-0.3, -0.25) is 29.0 Å². The molecular formula is C35H39FN8O10S. The average Bonchev–Trinajstić information content (AvgIpc) is 3.56. The molecule has 1 unspecified atom stereocenters. The van der Waals surface area contributed by atoms with Crippen molar-refractivity contribution in [3.05, 3.63) is 71.2 Å². The molecule has 2 aromatic carbocycles. The maximum Gasteiger partial charge on any atom is 0.414 e. The van der Waals surface area contributed by atoms with E-state index in [1.54, 1.807) is 47.4 Å². The number of nitrogens with two attached hydrogens (primary N) is 1. The van der Waals surface area contributed by atoms with Crippen LogP contribution in [0.1, 0.15) is 18.5 Å². The highest BCUT2D eigenvalue weighted by Gasteiger charge is 2.54. The van der Waals surface area contributed by atoms with Crippen LogP contribution in [-0.2, 0) is 33.4 Å². The molecule has 20 heteroatoms. The minimum atomic E-state index is -1.40. The quantitative estimate of drug-likeness (QED) is 0.180. The van der Waals surface area contributed by atoms with Crippen LogP contribution in [-0.4, -0.2) is 132 Å². The summed E-state index contributed by atoms with van der Waals surface area (Å²) in [6, 6.07) is 10.9. The van der Waals surface area contributed by atoms with Crippen molar-refractivity contribution >= 4 is 64.9 Å². The number of β-lactam (4-membered cyclic amide) rings is 1. The van der Waals surface area contributed by atoms with Crippen LogP contribution in [0.5, 0.6) is 0 Å². The fourth-order valence-electron chi connectivity index (χ4n) is 6.53. The van der Waals surface area contributed by atoms with Gasteiger partial charge in [0.15, 0.2) is 0 Å². The number of thioether (sulfide) groups is 1. The van der Waals surface area contributed by atoms with Crippen LogP contribution < -0.4 is 31.5 Å². The van der Waals surface area contributed by atoms with Gasteiger partial charge in [-0.05, 0) is 23.8 Å². The molecular weight excluding hydrogens is 743 g/mol. The molecule has 0 spiro atoms. The zero-order chi connectivity index (χ0) is 39.4. The smallest absolute Gasteiger partial charge is 0.414 e. The van der Waals surface area contributed by atoms with Gasteiger partial charge < -0.3 is 46.1 Å². The number of fused-ring (bicyclic) bond motifs is 1. The number of aliphatic carboxylic acids is 1. The molecule has 6 rings (SSSR count). The first-order valence-electron chi connectivity index (χ1n) is 17.3. The first-order valence-corrected chi connectivity index (χ1v) is 18.3. The van der Waals surface area contributed by atoms with E-state index < -0.39 is 78.4 Å². The van der Waals surface area contributed by atoms with Crippen LogP contribution in [0.4, 0.5) is 25.4 Å². The van der Waals surface area contributed by atoms with E-state index in [0.29, 0.717) is 24.3 Å². The Labute approximate surface area is 318 Å². The Kier molecular flexibility index (Phi) is 11.7. The third kappa shape index (κ3) is 8.59. The van der Waals surface area contributed by atoms with Crippen LogP contribution >= 0.6 is 11.8 Å². The van der Waals surface area contributed by atoms with Crippen molar-refractivity contribution in [1.29, 1.82) is 0 Å². The zero-order valence-corrected chi connectivity index (χ0v) is 30.4. The summed E-state index contributed by atoms with van der Waals surface area (Å²) in [5, 5.41) is 16.8. The number of anilines is 2. The van der Waals surface area contributed by atoms with Crippen molar-refractivity contribution in [2.24, 2.45) is 5.73 Å². The van der Waals surface area contributed by atoms with Crippen LogP contribution in [0.15, 0.2) is 59.8 Å². The predicted molar refractivity (Wildman–Crippen MR) is 194 cm³/mol. The highest BCUT2D eigenvalue weighted by atomic mass is 32.2. The number of hydrogen-bond acceptors (Lipinski definition) is 12. The van der Waals surface area contributed by atoms with E-state index in [2.05, 4.69) is 16.0 Å². The van der Waals surface area contributed by atoms with Crippen molar-refractivity contribution in [2.45, 2.75) is 30.5 Å². The lowest BCUT2D eigenvalue weighted by molar-refractivity contribution is -0.151. The number of nitrogens with one attached hydrogen (secondary N) is 3. The number of benzene rings is 2. The Morgan fingerprint density at radius 3 is 2.45 bits per heavy atom. The number of alkyl carbamates (subject to hydrolysis) is 1. The van der Waals surface area contributed by atoms with Crippen LogP contribution in [0.2, 0.25) is 0 Å². The number of carboxylic acid groups (broad SMARTS) is 1. The number of hydrogen-bond donors (Lipinski definition) is 5. The molecule has 0 saturated carbocycles. The van der Waals surface area contributed by atoms with Crippen LogP contribution in [0.25, 0.3) is 0 Å². The van der Waals surface area contributed by atoms with Crippen molar-refractivity contribution < 1.29 is 52.5 Å². The monoisotopic (exact) mass is 782 g/mol. The number of cyclic esters (lactones) is 1. The number of carboxylic acids is 1. The van der Waals surface area contributed by atoms with Gasteiger partial charge in [0.05, 0.1) is 24.5 Å². The van der Waals surface area contributed by atoms with Gasteiger partial charge in [0, 0.05) is 44.4 Å². The van der Waals surface area contributed by atoms with Gasteiger partial charge in [0.2, 0.25) is 17.7 Å². The third-order valence-corrected chi connectivity index (χ3v) is 10.8. The molecule has 292 valence electrons.